The van der Waals surface area contributed by atoms with Crippen LogP contribution in [0, 0.1) is 6.92 Å². The van der Waals surface area contributed by atoms with E-state index >= 15 is 0 Å². The maximum Gasteiger partial charge on any atom is 0.295 e. The van der Waals surface area contributed by atoms with Gasteiger partial charge in [-0.25, -0.2) is 0 Å². The van der Waals surface area contributed by atoms with E-state index in [1.807, 2.05) is 26.0 Å². The standard InChI is InChI=1S/C21H24N2O3/c1-5-7-17(6-2)20(25)22-12-13-23(16(4)14-22)21(26)19(24)18-10-8-15(3)9-11-18/h5-11,16H,1-2,12-14H2,3-4H3/b17-7+. The molecular formula is C21H24N2O3. The lowest BCUT2D eigenvalue weighted by Gasteiger charge is -2.39. The van der Waals surface area contributed by atoms with Crippen LogP contribution in [0.15, 0.2) is 61.2 Å². The van der Waals surface area contributed by atoms with Crippen molar-refractivity contribution >= 4 is 17.6 Å². The molecule has 0 spiro atoms. The summed E-state index contributed by atoms with van der Waals surface area (Å²) in [6.07, 6.45) is 4.64. The predicted octanol–water partition coefficient (Wildman–Crippen LogP) is 2.54. The Labute approximate surface area is 154 Å². The molecule has 2 amide bonds. The Kier molecular flexibility index (Phi) is 6.28. The zero-order valence-corrected chi connectivity index (χ0v) is 15.3. The first-order valence-corrected chi connectivity index (χ1v) is 8.55. The van der Waals surface area contributed by atoms with Gasteiger partial charge in [-0.1, -0.05) is 61.2 Å². The van der Waals surface area contributed by atoms with Crippen LogP contribution in [0.2, 0.25) is 0 Å². The van der Waals surface area contributed by atoms with Gasteiger partial charge < -0.3 is 9.80 Å². The second-order valence-corrected chi connectivity index (χ2v) is 6.36. The minimum absolute atomic E-state index is 0.149. The van der Waals surface area contributed by atoms with Crippen molar-refractivity contribution < 1.29 is 14.4 Å². The van der Waals surface area contributed by atoms with Gasteiger partial charge in [-0.15, -0.1) is 0 Å². The Hall–Kier alpha value is -2.95. The summed E-state index contributed by atoms with van der Waals surface area (Å²) >= 11 is 0. The van der Waals surface area contributed by atoms with Crippen molar-refractivity contribution in [1.82, 2.24) is 9.80 Å². The number of benzene rings is 1. The van der Waals surface area contributed by atoms with E-state index in [1.54, 1.807) is 29.2 Å². The molecule has 0 saturated carbocycles. The number of allylic oxidation sites excluding steroid dienone is 2. The molecule has 1 aliphatic heterocycles. The van der Waals surface area contributed by atoms with Crippen molar-refractivity contribution in [3.05, 3.63) is 72.4 Å². The van der Waals surface area contributed by atoms with Crippen LogP contribution in [0.5, 0.6) is 0 Å². The summed E-state index contributed by atoms with van der Waals surface area (Å²) in [7, 11) is 0. The van der Waals surface area contributed by atoms with Gasteiger partial charge in [-0.05, 0) is 13.8 Å². The molecule has 5 heteroatoms. The lowest BCUT2D eigenvalue weighted by molar-refractivity contribution is -0.137. The second-order valence-electron chi connectivity index (χ2n) is 6.36. The summed E-state index contributed by atoms with van der Waals surface area (Å²) < 4.78 is 0. The van der Waals surface area contributed by atoms with Crippen LogP contribution >= 0.6 is 0 Å². The normalized spacial score (nSPS) is 17.6. The van der Waals surface area contributed by atoms with E-state index in [0.29, 0.717) is 30.8 Å². The molecule has 0 radical (unpaired) electrons. The Morgan fingerprint density at radius 3 is 2.27 bits per heavy atom. The lowest BCUT2D eigenvalue weighted by atomic mass is 10.1. The zero-order valence-electron chi connectivity index (χ0n) is 15.3. The quantitative estimate of drug-likeness (QED) is 0.354. The van der Waals surface area contributed by atoms with Gasteiger partial charge in [0, 0.05) is 36.8 Å². The summed E-state index contributed by atoms with van der Waals surface area (Å²) in [6.45, 7) is 12.1. The first-order chi connectivity index (χ1) is 12.4. The molecule has 0 N–H and O–H groups in total. The van der Waals surface area contributed by atoms with Crippen LogP contribution in [0.1, 0.15) is 22.8 Å². The highest BCUT2D eigenvalue weighted by atomic mass is 16.2. The van der Waals surface area contributed by atoms with Gasteiger partial charge in [0.2, 0.25) is 5.78 Å². The molecule has 0 aromatic heterocycles. The van der Waals surface area contributed by atoms with Crippen molar-refractivity contribution in [2.75, 3.05) is 19.6 Å². The van der Waals surface area contributed by atoms with Gasteiger partial charge in [-0.3, -0.25) is 14.4 Å². The lowest BCUT2D eigenvalue weighted by Crippen LogP contribution is -2.57. The molecule has 5 nitrogen and oxygen atoms in total. The van der Waals surface area contributed by atoms with E-state index in [-0.39, 0.29) is 11.9 Å². The van der Waals surface area contributed by atoms with Crippen LogP contribution in [-0.4, -0.2) is 53.1 Å². The molecule has 0 bridgehead atoms. The average Bonchev–Trinajstić information content (AvgIpc) is 2.65. The van der Waals surface area contributed by atoms with Crippen molar-refractivity contribution in [3.63, 3.8) is 0 Å². The molecule has 0 aliphatic carbocycles. The molecule has 1 atom stereocenters. The number of carbonyl (C=O) groups is 3. The highest BCUT2D eigenvalue weighted by Gasteiger charge is 2.33. The number of hydrogen-bond donors (Lipinski definition) is 0. The van der Waals surface area contributed by atoms with Crippen LogP contribution in [-0.2, 0) is 9.59 Å². The van der Waals surface area contributed by atoms with Crippen molar-refractivity contribution in [3.8, 4) is 0 Å². The zero-order chi connectivity index (χ0) is 19.3. The summed E-state index contributed by atoms with van der Waals surface area (Å²) in [5, 5.41) is 0. The predicted molar refractivity (Wildman–Crippen MR) is 102 cm³/mol. The third-order valence-corrected chi connectivity index (χ3v) is 4.45. The monoisotopic (exact) mass is 352 g/mol. The number of piperazine rings is 1. The highest BCUT2D eigenvalue weighted by Crippen LogP contribution is 2.15. The molecule has 1 aromatic carbocycles. The number of aryl methyl sites for hydroxylation is 1. The molecule has 1 unspecified atom stereocenters. The van der Waals surface area contributed by atoms with Gasteiger partial charge in [0.05, 0.1) is 0 Å². The molecule has 1 saturated heterocycles. The van der Waals surface area contributed by atoms with E-state index in [9.17, 15) is 14.4 Å². The molecular weight excluding hydrogens is 328 g/mol. The fraction of sp³-hybridized carbons (Fsp3) is 0.286. The Bertz CT molecular complexity index is 762. The first kappa shape index (κ1) is 19.4. The minimum atomic E-state index is -0.529. The maximum atomic E-state index is 12.6. The van der Waals surface area contributed by atoms with Gasteiger partial charge >= 0.3 is 0 Å². The third-order valence-electron chi connectivity index (χ3n) is 4.45. The highest BCUT2D eigenvalue weighted by molar-refractivity contribution is 6.42. The number of ketones is 1. The average molecular weight is 352 g/mol. The first-order valence-electron chi connectivity index (χ1n) is 8.55. The molecule has 1 aromatic rings. The smallest absolute Gasteiger partial charge is 0.295 e. The van der Waals surface area contributed by atoms with Crippen LogP contribution in [0.25, 0.3) is 0 Å². The molecule has 2 rings (SSSR count). The van der Waals surface area contributed by atoms with Gasteiger partial charge in [0.1, 0.15) is 0 Å². The Morgan fingerprint density at radius 2 is 1.73 bits per heavy atom. The van der Waals surface area contributed by atoms with E-state index in [4.69, 9.17) is 0 Å². The van der Waals surface area contributed by atoms with E-state index < -0.39 is 11.7 Å². The number of Topliss-reactive ketones (excluding diaryl/α,β-unsaturated/α-hetero) is 1. The second kappa shape index (κ2) is 8.43. The molecule has 1 fully saturated rings. The van der Waals surface area contributed by atoms with Crippen LogP contribution < -0.4 is 0 Å². The summed E-state index contributed by atoms with van der Waals surface area (Å²) in [6, 6.07) is 6.70. The van der Waals surface area contributed by atoms with Gasteiger partial charge in [0.25, 0.3) is 11.8 Å². The molecule has 26 heavy (non-hydrogen) atoms. The number of nitrogens with zero attached hydrogens (tertiary/aromatic N) is 2. The number of amides is 2. The maximum absolute atomic E-state index is 12.6. The molecule has 1 heterocycles. The topological polar surface area (TPSA) is 57.7 Å². The fourth-order valence-corrected chi connectivity index (χ4v) is 2.94. The van der Waals surface area contributed by atoms with Gasteiger partial charge in [-0.2, -0.15) is 0 Å². The summed E-state index contributed by atoms with van der Waals surface area (Å²) in [5.74, 6) is -1.20. The van der Waals surface area contributed by atoms with Crippen LogP contribution in [0.4, 0.5) is 0 Å². The van der Waals surface area contributed by atoms with Crippen molar-refractivity contribution in [2.45, 2.75) is 19.9 Å². The SMILES string of the molecule is C=C/C=C(\C=C)C(=O)N1CCN(C(=O)C(=O)c2ccc(C)cc2)C(C)C1. The van der Waals surface area contributed by atoms with Crippen molar-refractivity contribution in [2.24, 2.45) is 0 Å². The Balaban J connectivity index is 2.07. The summed E-state index contributed by atoms with van der Waals surface area (Å²) in [4.78, 5) is 40.7. The summed E-state index contributed by atoms with van der Waals surface area (Å²) in [5.41, 5.74) is 1.87. The van der Waals surface area contributed by atoms with Crippen LogP contribution in [0.3, 0.4) is 0 Å². The molecule has 136 valence electrons. The number of hydrogen-bond acceptors (Lipinski definition) is 3. The molecule has 1 aliphatic rings. The van der Waals surface area contributed by atoms with E-state index in [0.717, 1.165) is 5.56 Å². The number of rotatable bonds is 5. The van der Waals surface area contributed by atoms with E-state index in [1.165, 1.54) is 11.0 Å². The fourth-order valence-electron chi connectivity index (χ4n) is 2.94. The largest absolute Gasteiger partial charge is 0.335 e. The van der Waals surface area contributed by atoms with Gasteiger partial charge in [0.15, 0.2) is 0 Å². The third kappa shape index (κ3) is 4.17. The number of carbonyl (C=O) groups excluding carboxylic acids is 3. The Morgan fingerprint density at radius 1 is 1.08 bits per heavy atom. The minimum Gasteiger partial charge on any atom is -0.335 e. The van der Waals surface area contributed by atoms with E-state index in [2.05, 4.69) is 13.2 Å². The van der Waals surface area contributed by atoms with Crippen molar-refractivity contribution in [1.29, 1.82) is 0 Å².